The molecule has 0 fully saturated rings. The fraction of sp³-hybridized carbons (Fsp3) is 0.600. The summed E-state index contributed by atoms with van der Waals surface area (Å²) in [6, 6.07) is 4.06. The molecule has 0 spiro atoms. The normalized spacial score (nSPS) is 14.5. The summed E-state index contributed by atoms with van der Waals surface area (Å²) in [5.41, 5.74) is 3.18. The lowest BCUT2D eigenvalue weighted by molar-refractivity contribution is 0.112. The first-order chi connectivity index (χ1) is 8.01. The van der Waals surface area contributed by atoms with Gasteiger partial charge < -0.3 is 9.84 Å². The average molecular weight is 236 g/mol. The van der Waals surface area contributed by atoms with E-state index in [-0.39, 0.29) is 6.10 Å². The molecule has 0 aliphatic heterocycles. The Morgan fingerprint density at radius 1 is 1.24 bits per heavy atom. The lowest BCUT2D eigenvalue weighted by Crippen LogP contribution is -2.09. The Bertz CT molecular complexity index is 348. The molecule has 0 aliphatic rings. The second-order valence-corrected chi connectivity index (χ2v) is 4.90. The van der Waals surface area contributed by atoms with Gasteiger partial charge in [-0.25, -0.2) is 0 Å². The van der Waals surface area contributed by atoms with Crippen molar-refractivity contribution in [1.29, 1.82) is 0 Å². The molecule has 0 amide bonds. The predicted octanol–water partition coefficient (Wildman–Crippen LogP) is 3.78. The Hall–Kier alpha value is -1.02. The summed E-state index contributed by atoms with van der Waals surface area (Å²) in [6.45, 7) is 8.29. The fourth-order valence-corrected chi connectivity index (χ4v) is 2.42. The van der Waals surface area contributed by atoms with E-state index in [2.05, 4.69) is 13.8 Å². The zero-order chi connectivity index (χ0) is 13.0. The first-order valence-corrected chi connectivity index (χ1v) is 6.34. The van der Waals surface area contributed by atoms with Crippen LogP contribution in [0.1, 0.15) is 49.5 Å². The van der Waals surface area contributed by atoms with E-state index < -0.39 is 0 Å². The molecule has 0 saturated heterocycles. The van der Waals surface area contributed by atoms with Gasteiger partial charge in [0.05, 0.1) is 13.2 Å². The third kappa shape index (κ3) is 3.22. The van der Waals surface area contributed by atoms with Gasteiger partial charge in [-0.05, 0) is 55.0 Å². The van der Waals surface area contributed by atoms with Gasteiger partial charge in [-0.15, -0.1) is 0 Å². The summed E-state index contributed by atoms with van der Waals surface area (Å²) in [7, 11) is 1.69. The van der Waals surface area contributed by atoms with Gasteiger partial charge in [0.15, 0.2) is 0 Å². The Balaban J connectivity index is 2.99. The maximum absolute atomic E-state index is 10.3. The lowest BCUT2D eigenvalue weighted by atomic mass is 9.91. The summed E-state index contributed by atoms with van der Waals surface area (Å²) in [5.74, 6) is 1.22. The molecule has 0 saturated carbocycles. The molecule has 0 bridgehead atoms. The highest BCUT2D eigenvalue weighted by atomic mass is 16.5. The highest BCUT2D eigenvalue weighted by Crippen LogP contribution is 2.31. The standard InChI is InChI=1S/C15H24O2/c1-6-7-10(2)14(16)13-8-11(3)15(17-5)12(4)9-13/h8-10,14,16H,6-7H2,1-5H3. The van der Waals surface area contributed by atoms with Crippen LogP contribution in [0.25, 0.3) is 0 Å². The van der Waals surface area contributed by atoms with Crippen LogP contribution in [0.5, 0.6) is 5.75 Å². The SMILES string of the molecule is CCCC(C)C(O)c1cc(C)c(OC)c(C)c1. The molecule has 0 heterocycles. The smallest absolute Gasteiger partial charge is 0.124 e. The van der Waals surface area contributed by atoms with E-state index in [9.17, 15) is 5.11 Å². The van der Waals surface area contributed by atoms with E-state index >= 15 is 0 Å². The molecule has 2 atom stereocenters. The summed E-state index contributed by atoms with van der Waals surface area (Å²) in [6.07, 6.45) is 1.77. The average Bonchev–Trinajstić information content (AvgIpc) is 2.27. The summed E-state index contributed by atoms with van der Waals surface area (Å²) in [4.78, 5) is 0. The Morgan fingerprint density at radius 2 is 1.76 bits per heavy atom. The van der Waals surface area contributed by atoms with Gasteiger partial charge in [-0.1, -0.05) is 20.3 Å². The molecule has 2 unspecified atom stereocenters. The topological polar surface area (TPSA) is 29.5 Å². The maximum Gasteiger partial charge on any atom is 0.124 e. The van der Waals surface area contributed by atoms with Crippen LogP contribution in [0.2, 0.25) is 0 Å². The Labute approximate surface area is 105 Å². The van der Waals surface area contributed by atoms with Crippen LogP contribution in [-0.2, 0) is 0 Å². The maximum atomic E-state index is 10.3. The monoisotopic (exact) mass is 236 g/mol. The number of rotatable bonds is 5. The second kappa shape index (κ2) is 6.06. The Kier molecular flexibility index (Phi) is 5.01. The van der Waals surface area contributed by atoms with Crippen LogP contribution in [0.3, 0.4) is 0 Å². The fourth-order valence-electron chi connectivity index (χ4n) is 2.42. The van der Waals surface area contributed by atoms with E-state index in [1.54, 1.807) is 7.11 Å². The third-order valence-electron chi connectivity index (χ3n) is 3.31. The van der Waals surface area contributed by atoms with E-state index in [0.717, 1.165) is 35.3 Å². The van der Waals surface area contributed by atoms with Crippen LogP contribution < -0.4 is 4.74 Å². The van der Waals surface area contributed by atoms with Crippen molar-refractivity contribution in [2.24, 2.45) is 5.92 Å². The molecule has 2 nitrogen and oxygen atoms in total. The van der Waals surface area contributed by atoms with Gasteiger partial charge in [-0.3, -0.25) is 0 Å². The van der Waals surface area contributed by atoms with Crippen molar-refractivity contribution >= 4 is 0 Å². The van der Waals surface area contributed by atoms with E-state index in [1.807, 2.05) is 26.0 Å². The number of hydrogen-bond donors (Lipinski definition) is 1. The highest BCUT2D eigenvalue weighted by molar-refractivity contribution is 5.44. The third-order valence-corrected chi connectivity index (χ3v) is 3.31. The predicted molar refractivity (Wildman–Crippen MR) is 71.5 cm³/mol. The number of hydrogen-bond acceptors (Lipinski definition) is 2. The van der Waals surface area contributed by atoms with Gasteiger partial charge in [0.2, 0.25) is 0 Å². The quantitative estimate of drug-likeness (QED) is 0.843. The number of methoxy groups -OCH3 is 1. The number of benzene rings is 1. The van der Waals surface area contributed by atoms with Crippen molar-refractivity contribution in [1.82, 2.24) is 0 Å². The minimum absolute atomic E-state index is 0.298. The highest BCUT2D eigenvalue weighted by Gasteiger charge is 2.17. The van der Waals surface area contributed by atoms with E-state index in [1.165, 1.54) is 0 Å². The molecular weight excluding hydrogens is 212 g/mol. The van der Waals surface area contributed by atoms with Crippen molar-refractivity contribution in [3.63, 3.8) is 0 Å². The first-order valence-electron chi connectivity index (χ1n) is 6.34. The van der Waals surface area contributed by atoms with Crippen molar-refractivity contribution in [2.45, 2.75) is 46.6 Å². The molecule has 1 rings (SSSR count). The van der Waals surface area contributed by atoms with Crippen molar-refractivity contribution in [3.05, 3.63) is 28.8 Å². The summed E-state index contributed by atoms with van der Waals surface area (Å²) >= 11 is 0. The molecule has 1 N–H and O–H groups in total. The molecule has 1 aromatic carbocycles. The van der Waals surface area contributed by atoms with Gasteiger partial charge in [0.25, 0.3) is 0 Å². The van der Waals surface area contributed by atoms with Gasteiger partial charge in [-0.2, -0.15) is 0 Å². The Morgan fingerprint density at radius 3 is 2.18 bits per heavy atom. The van der Waals surface area contributed by atoms with Crippen LogP contribution in [0, 0.1) is 19.8 Å². The summed E-state index contributed by atoms with van der Waals surface area (Å²) < 4.78 is 5.34. The van der Waals surface area contributed by atoms with E-state index in [4.69, 9.17) is 4.74 Å². The molecule has 0 radical (unpaired) electrons. The number of aryl methyl sites for hydroxylation is 2. The van der Waals surface area contributed by atoms with Crippen LogP contribution in [0.4, 0.5) is 0 Å². The molecule has 2 heteroatoms. The minimum Gasteiger partial charge on any atom is -0.496 e. The summed E-state index contributed by atoms with van der Waals surface area (Å²) in [5, 5.41) is 10.3. The second-order valence-electron chi connectivity index (χ2n) is 4.90. The molecule has 0 aliphatic carbocycles. The van der Waals surface area contributed by atoms with Crippen LogP contribution in [0.15, 0.2) is 12.1 Å². The van der Waals surface area contributed by atoms with Gasteiger partial charge >= 0.3 is 0 Å². The van der Waals surface area contributed by atoms with Gasteiger partial charge in [0.1, 0.15) is 5.75 Å². The number of ether oxygens (including phenoxy) is 1. The van der Waals surface area contributed by atoms with Gasteiger partial charge in [0, 0.05) is 0 Å². The molecule has 0 aromatic heterocycles. The first kappa shape index (κ1) is 14.0. The molecule has 1 aromatic rings. The molecule has 96 valence electrons. The van der Waals surface area contributed by atoms with Crippen molar-refractivity contribution in [2.75, 3.05) is 7.11 Å². The number of aliphatic hydroxyl groups is 1. The largest absolute Gasteiger partial charge is 0.496 e. The van der Waals surface area contributed by atoms with E-state index in [0.29, 0.717) is 5.92 Å². The van der Waals surface area contributed by atoms with Crippen LogP contribution >= 0.6 is 0 Å². The minimum atomic E-state index is -0.377. The van der Waals surface area contributed by atoms with Crippen molar-refractivity contribution in [3.8, 4) is 5.75 Å². The lowest BCUT2D eigenvalue weighted by Gasteiger charge is -2.20. The molecular formula is C15H24O2. The zero-order valence-corrected chi connectivity index (χ0v) is 11.6. The van der Waals surface area contributed by atoms with Crippen molar-refractivity contribution < 1.29 is 9.84 Å². The van der Waals surface area contributed by atoms with Crippen LogP contribution in [-0.4, -0.2) is 12.2 Å². The molecule has 17 heavy (non-hydrogen) atoms. The zero-order valence-electron chi connectivity index (χ0n) is 11.6. The number of aliphatic hydroxyl groups excluding tert-OH is 1.